The molecule has 0 saturated carbocycles. The van der Waals surface area contributed by atoms with Gasteiger partial charge in [-0.3, -0.25) is 0 Å². The highest BCUT2D eigenvalue weighted by molar-refractivity contribution is 5.74. The SMILES string of the molecule is O=C(NCCc1ccc(C(F)(F)F)cc1)N1CCN(c2ccccc2O)CC1. The smallest absolute Gasteiger partial charge is 0.416 e. The van der Waals surface area contributed by atoms with Crippen molar-refractivity contribution in [2.75, 3.05) is 37.6 Å². The van der Waals surface area contributed by atoms with Crippen LogP contribution in [0.15, 0.2) is 48.5 Å². The number of rotatable bonds is 4. The summed E-state index contributed by atoms with van der Waals surface area (Å²) in [6.07, 6.45) is -3.88. The lowest BCUT2D eigenvalue weighted by atomic mass is 10.1. The maximum absolute atomic E-state index is 12.6. The third-order valence-corrected chi connectivity index (χ3v) is 4.76. The molecule has 5 nitrogen and oxygen atoms in total. The largest absolute Gasteiger partial charge is 0.506 e. The molecule has 0 aliphatic carbocycles. The number of anilines is 1. The van der Waals surface area contributed by atoms with Gasteiger partial charge in [-0.1, -0.05) is 24.3 Å². The first-order valence-corrected chi connectivity index (χ1v) is 9.06. The molecule has 8 heteroatoms. The summed E-state index contributed by atoms with van der Waals surface area (Å²) in [6.45, 7) is 2.64. The summed E-state index contributed by atoms with van der Waals surface area (Å²) in [5.41, 5.74) is 0.810. The number of piperazine rings is 1. The van der Waals surface area contributed by atoms with Crippen LogP contribution < -0.4 is 10.2 Å². The third kappa shape index (κ3) is 4.88. The number of carbonyl (C=O) groups is 1. The molecule has 1 heterocycles. The Morgan fingerprint density at radius 2 is 1.64 bits per heavy atom. The quantitative estimate of drug-likeness (QED) is 0.836. The average molecular weight is 393 g/mol. The van der Waals surface area contributed by atoms with Gasteiger partial charge in [0.25, 0.3) is 0 Å². The number of aromatic hydroxyl groups is 1. The molecular weight excluding hydrogens is 371 g/mol. The summed E-state index contributed by atoms with van der Waals surface area (Å²) in [6, 6.07) is 11.9. The van der Waals surface area contributed by atoms with Gasteiger partial charge in [0, 0.05) is 32.7 Å². The number of phenolic OH excluding ortho intramolecular Hbond substituents is 1. The van der Waals surface area contributed by atoms with Gasteiger partial charge >= 0.3 is 12.2 Å². The van der Waals surface area contributed by atoms with E-state index in [1.165, 1.54) is 12.1 Å². The minimum atomic E-state index is -4.34. The molecule has 1 fully saturated rings. The van der Waals surface area contributed by atoms with Crippen LogP contribution in [0.5, 0.6) is 5.75 Å². The van der Waals surface area contributed by atoms with Crippen molar-refractivity contribution in [3.8, 4) is 5.75 Å². The molecule has 2 aromatic rings. The van der Waals surface area contributed by atoms with Crippen LogP contribution in [0.4, 0.5) is 23.7 Å². The fraction of sp³-hybridized carbons (Fsp3) is 0.350. The van der Waals surface area contributed by atoms with Crippen LogP contribution in [-0.2, 0) is 12.6 Å². The number of carbonyl (C=O) groups excluding carboxylic acids is 1. The van der Waals surface area contributed by atoms with Crippen molar-refractivity contribution in [1.29, 1.82) is 0 Å². The van der Waals surface area contributed by atoms with E-state index in [0.29, 0.717) is 39.1 Å². The van der Waals surface area contributed by atoms with Crippen LogP contribution in [0.1, 0.15) is 11.1 Å². The van der Waals surface area contributed by atoms with Gasteiger partial charge in [0.2, 0.25) is 0 Å². The van der Waals surface area contributed by atoms with Gasteiger partial charge in [-0.05, 0) is 36.2 Å². The second-order valence-corrected chi connectivity index (χ2v) is 6.64. The van der Waals surface area contributed by atoms with Gasteiger partial charge in [-0.15, -0.1) is 0 Å². The van der Waals surface area contributed by atoms with E-state index in [1.54, 1.807) is 17.0 Å². The summed E-state index contributed by atoms with van der Waals surface area (Å²) in [5, 5.41) is 12.7. The van der Waals surface area contributed by atoms with Crippen molar-refractivity contribution in [2.24, 2.45) is 0 Å². The van der Waals surface area contributed by atoms with Gasteiger partial charge < -0.3 is 20.2 Å². The van der Waals surface area contributed by atoms with E-state index in [0.717, 1.165) is 23.4 Å². The highest BCUT2D eigenvalue weighted by atomic mass is 19.4. The van der Waals surface area contributed by atoms with Crippen LogP contribution in [-0.4, -0.2) is 48.8 Å². The Kier molecular flexibility index (Phi) is 5.96. The van der Waals surface area contributed by atoms with E-state index in [4.69, 9.17) is 0 Å². The number of para-hydroxylation sites is 2. The first-order chi connectivity index (χ1) is 13.3. The standard InChI is InChI=1S/C20H22F3N3O2/c21-20(22,23)16-7-5-15(6-8-16)9-10-24-19(28)26-13-11-25(12-14-26)17-3-1-2-4-18(17)27/h1-8,27H,9-14H2,(H,24,28). The van der Waals surface area contributed by atoms with E-state index >= 15 is 0 Å². The minimum absolute atomic E-state index is 0.191. The molecule has 0 atom stereocenters. The topological polar surface area (TPSA) is 55.8 Å². The van der Waals surface area contributed by atoms with Gasteiger partial charge in [0.1, 0.15) is 5.75 Å². The number of alkyl halides is 3. The number of hydrogen-bond acceptors (Lipinski definition) is 3. The fourth-order valence-corrected chi connectivity index (χ4v) is 3.17. The van der Waals surface area contributed by atoms with Crippen LogP contribution in [0, 0.1) is 0 Å². The molecular formula is C20H22F3N3O2. The van der Waals surface area contributed by atoms with Crippen molar-refractivity contribution in [1.82, 2.24) is 10.2 Å². The van der Waals surface area contributed by atoms with Gasteiger partial charge in [0.05, 0.1) is 11.3 Å². The molecule has 2 amide bonds. The summed E-state index contributed by atoms with van der Waals surface area (Å²) < 4.78 is 37.7. The van der Waals surface area contributed by atoms with Crippen molar-refractivity contribution in [2.45, 2.75) is 12.6 Å². The molecule has 150 valence electrons. The molecule has 3 rings (SSSR count). The molecule has 0 radical (unpaired) electrons. The second kappa shape index (κ2) is 8.41. The Hall–Kier alpha value is -2.90. The van der Waals surface area contributed by atoms with E-state index in [9.17, 15) is 23.1 Å². The lowest BCUT2D eigenvalue weighted by molar-refractivity contribution is -0.137. The highest BCUT2D eigenvalue weighted by Gasteiger charge is 2.29. The van der Waals surface area contributed by atoms with Crippen LogP contribution in [0.3, 0.4) is 0 Å². The van der Waals surface area contributed by atoms with Crippen molar-refractivity contribution >= 4 is 11.7 Å². The minimum Gasteiger partial charge on any atom is -0.506 e. The van der Waals surface area contributed by atoms with E-state index in [2.05, 4.69) is 5.32 Å². The second-order valence-electron chi connectivity index (χ2n) is 6.64. The first kappa shape index (κ1) is 19.9. The fourth-order valence-electron chi connectivity index (χ4n) is 3.17. The molecule has 1 saturated heterocycles. The predicted molar refractivity (Wildman–Crippen MR) is 100 cm³/mol. The molecule has 0 bridgehead atoms. The Morgan fingerprint density at radius 3 is 2.25 bits per heavy atom. The number of halogens is 3. The zero-order valence-corrected chi connectivity index (χ0v) is 15.2. The van der Waals surface area contributed by atoms with Gasteiger partial charge in [-0.25, -0.2) is 4.79 Å². The van der Waals surface area contributed by atoms with Crippen molar-refractivity contribution in [3.63, 3.8) is 0 Å². The summed E-state index contributed by atoms with van der Waals surface area (Å²) in [4.78, 5) is 16.0. The van der Waals surface area contributed by atoms with Crippen LogP contribution in [0.25, 0.3) is 0 Å². The lowest BCUT2D eigenvalue weighted by Gasteiger charge is -2.36. The van der Waals surface area contributed by atoms with Gasteiger partial charge in [0.15, 0.2) is 0 Å². The van der Waals surface area contributed by atoms with Gasteiger partial charge in [-0.2, -0.15) is 13.2 Å². The van der Waals surface area contributed by atoms with Crippen LogP contribution in [0.2, 0.25) is 0 Å². The Labute approximate surface area is 161 Å². The van der Waals surface area contributed by atoms with E-state index in [1.807, 2.05) is 17.0 Å². The summed E-state index contributed by atoms with van der Waals surface area (Å²) in [7, 11) is 0. The zero-order chi connectivity index (χ0) is 20.1. The predicted octanol–water partition coefficient (Wildman–Crippen LogP) is 3.49. The average Bonchev–Trinajstić information content (AvgIpc) is 2.68. The molecule has 1 aliphatic rings. The van der Waals surface area contributed by atoms with E-state index in [-0.39, 0.29) is 11.8 Å². The lowest BCUT2D eigenvalue weighted by Crippen LogP contribution is -2.52. The Morgan fingerprint density at radius 1 is 1.00 bits per heavy atom. The summed E-state index contributed by atoms with van der Waals surface area (Å²) in [5.74, 6) is 0.219. The molecule has 0 spiro atoms. The third-order valence-electron chi connectivity index (χ3n) is 4.76. The number of urea groups is 1. The number of benzene rings is 2. The Balaban J connectivity index is 1.43. The maximum atomic E-state index is 12.6. The number of phenols is 1. The highest BCUT2D eigenvalue weighted by Crippen LogP contribution is 2.29. The number of hydrogen-bond donors (Lipinski definition) is 2. The number of nitrogens with one attached hydrogen (secondary N) is 1. The summed E-state index contributed by atoms with van der Waals surface area (Å²) >= 11 is 0. The molecule has 28 heavy (non-hydrogen) atoms. The maximum Gasteiger partial charge on any atom is 0.416 e. The first-order valence-electron chi connectivity index (χ1n) is 9.06. The Bertz CT molecular complexity index is 801. The monoisotopic (exact) mass is 393 g/mol. The molecule has 1 aliphatic heterocycles. The molecule has 2 aromatic carbocycles. The molecule has 0 unspecified atom stereocenters. The van der Waals surface area contributed by atoms with Crippen LogP contribution >= 0.6 is 0 Å². The normalized spacial score (nSPS) is 14.8. The zero-order valence-electron chi connectivity index (χ0n) is 15.2. The van der Waals surface area contributed by atoms with Crippen molar-refractivity contribution in [3.05, 3.63) is 59.7 Å². The van der Waals surface area contributed by atoms with Crippen molar-refractivity contribution < 1.29 is 23.1 Å². The molecule has 0 aromatic heterocycles. The molecule has 2 N–H and O–H groups in total. The van der Waals surface area contributed by atoms with E-state index < -0.39 is 11.7 Å². The number of amides is 2. The number of nitrogens with zero attached hydrogens (tertiary/aromatic N) is 2.